The number of nitrogens with zero attached hydrogens (tertiary/aromatic N) is 1. The Balaban J connectivity index is 1.54. The summed E-state index contributed by atoms with van der Waals surface area (Å²) in [7, 11) is 0. The second kappa shape index (κ2) is 14.3. The molecular weight excluding hydrogens is 514 g/mol. The number of ether oxygens (including phenoxy) is 1. The lowest BCUT2D eigenvalue weighted by Gasteiger charge is -2.24. The highest BCUT2D eigenvalue weighted by Gasteiger charge is 2.30. The van der Waals surface area contributed by atoms with E-state index in [1.54, 1.807) is 0 Å². The van der Waals surface area contributed by atoms with Gasteiger partial charge in [-0.1, -0.05) is 61.4 Å². The molecule has 0 radical (unpaired) electrons. The fourth-order valence-corrected chi connectivity index (χ4v) is 5.59. The van der Waals surface area contributed by atoms with Crippen molar-refractivity contribution in [3.05, 3.63) is 71.9 Å². The molecule has 0 fully saturated rings. The van der Waals surface area contributed by atoms with Crippen molar-refractivity contribution in [3.8, 4) is 0 Å². The predicted octanol–water partition coefficient (Wildman–Crippen LogP) is 5.73. The first-order valence-electron chi connectivity index (χ1n) is 15.1. The summed E-state index contributed by atoms with van der Waals surface area (Å²) in [4.78, 5) is 40.0. The van der Waals surface area contributed by atoms with Crippen LogP contribution in [0.1, 0.15) is 76.8 Å². The summed E-state index contributed by atoms with van der Waals surface area (Å²) in [6.07, 6.45) is 8.71. The fraction of sp³-hybridized carbons (Fsp3) is 0.500. The average Bonchev–Trinajstić information content (AvgIpc) is 3.28. The van der Waals surface area contributed by atoms with Crippen LogP contribution in [0.3, 0.4) is 0 Å². The Bertz CT molecular complexity index is 1310. The van der Waals surface area contributed by atoms with E-state index in [1.807, 2.05) is 51.1 Å². The number of aryl methyl sites for hydroxylation is 2. The number of amides is 2. The highest BCUT2D eigenvalue weighted by atomic mass is 16.6. The van der Waals surface area contributed by atoms with Crippen molar-refractivity contribution in [1.29, 1.82) is 0 Å². The summed E-state index contributed by atoms with van der Waals surface area (Å²) in [5.41, 5.74) is 2.74. The molecule has 2 aromatic carbocycles. The number of para-hydroxylation sites is 1. The molecule has 0 saturated heterocycles. The number of fused-ring (bicyclic) bond motifs is 5. The molecule has 2 bridgehead atoms. The van der Waals surface area contributed by atoms with E-state index in [4.69, 9.17) is 4.74 Å². The number of hydrogen-bond donors (Lipinski definition) is 2. The first kappa shape index (κ1) is 30.4. The minimum absolute atomic E-state index is 0.0223. The Morgan fingerprint density at radius 3 is 2.54 bits per heavy atom. The van der Waals surface area contributed by atoms with Crippen LogP contribution in [-0.2, 0) is 38.5 Å². The molecule has 1 unspecified atom stereocenters. The van der Waals surface area contributed by atoms with Crippen LogP contribution < -0.4 is 10.6 Å². The van der Waals surface area contributed by atoms with Gasteiger partial charge < -0.3 is 19.9 Å². The van der Waals surface area contributed by atoms with Gasteiger partial charge in [0.25, 0.3) is 0 Å². The lowest BCUT2D eigenvalue weighted by molar-refractivity contribution is -0.157. The summed E-state index contributed by atoms with van der Waals surface area (Å²) >= 11 is 0. The third-order valence-corrected chi connectivity index (χ3v) is 7.62. The van der Waals surface area contributed by atoms with Crippen LogP contribution in [0.2, 0.25) is 0 Å². The maximum absolute atomic E-state index is 13.8. The molecule has 2 N–H and O–H groups in total. The van der Waals surface area contributed by atoms with Crippen molar-refractivity contribution in [3.63, 3.8) is 0 Å². The quantitative estimate of drug-likeness (QED) is 0.345. The molecule has 1 aromatic heterocycles. The Hall–Kier alpha value is -3.61. The first-order chi connectivity index (χ1) is 19.7. The second-order valence-corrected chi connectivity index (χ2v) is 12.2. The topological polar surface area (TPSA) is 89.4 Å². The smallest absolute Gasteiger partial charge is 0.307 e. The summed E-state index contributed by atoms with van der Waals surface area (Å²) < 4.78 is 7.84. The van der Waals surface area contributed by atoms with Gasteiger partial charge in [-0.15, -0.1) is 0 Å². The van der Waals surface area contributed by atoms with E-state index in [2.05, 4.69) is 45.7 Å². The summed E-state index contributed by atoms with van der Waals surface area (Å²) in [5, 5.41) is 7.20. The van der Waals surface area contributed by atoms with Crippen molar-refractivity contribution in [2.24, 2.45) is 5.92 Å². The van der Waals surface area contributed by atoms with E-state index in [0.717, 1.165) is 61.5 Å². The zero-order chi connectivity index (χ0) is 29.2. The Morgan fingerprint density at radius 2 is 1.76 bits per heavy atom. The highest BCUT2D eigenvalue weighted by molar-refractivity contribution is 5.91. The molecule has 0 aliphatic carbocycles. The molecule has 7 nitrogen and oxygen atoms in total. The van der Waals surface area contributed by atoms with Gasteiger partial charge in [-0.05, 0) is 70.1 Å². The number of esters is 1. The van der Waals surface area contributed by atoms with Gasteiger partial charge in [0.15, 0.2) is 0 Å². The number of carbonyl (C=O) groups is 3. The third kappa shape index (κ3) is 9.20. The lowest BCUT2D eigenvalue weighted by Crippen LogP contribution is -2.50. The second-order valence-electron chi connectivity index (χ2n) is 12.2. The number of nitrogens with one attached hydrogen (secondary N) is 2. The number of aromatic nitrogens is 1. The summed E-state index contributed by atoms with van der Waals surface area (Å²) in [6.45, 7) is 6.98. The molecule has 7 heteroatoms. The van der Waals surface area contributed by atoms with Crippen LogP contribution in [0, 0.1) is 5.92 Å². The van der Waals surface area contributed by atoms with E-state index < -0.39 is 23.5 Å². The lowest BCUT2D eigenvalue weighted by atomic mass is 9.94. The third-order valence-electron chi connectivity index (χ3n) is 7.62. The zero-order valence-corrected chi connectivity index (χ0v) is 24.8. The van der Waals surface area contributed by atoms with E-state index in [1.165, 1.54) is 5.56 Å². The van der Waals surface area contributed by atoms with Gasteiger partial charge in [-0.25, -0.2) is 0 Å². The summed E-state index contributed by atoms with van der Waals surface area (Å²) in [5.74, 6) is -1.46. The van der Waals surface area contributed by atoms with Crippen molar-refractivity contribution in [2.45, 2.75) is 96.7 Å². The standard InChI is InChI=1S/C34H45N3O4/c1-34(2,3)41-31(38)23-26(17-13-16-25-14-7-6-8-15-25)32(39)36-29-22-27-24-37(30-19-10-9-18-28(27)30)21-12-5-4-11-20-35-33(29)40/h6-10,14-15,18-19,24,26,29H,4-5,11-13,16-17,20-23H2,1-3H3,(H,35,40)(H,36,39)/t26-,29?/m1/s1. The molecule has 2 atom stereocenters. The molecule has 1 aliphatic rings. The highest BCUT2D eigenvalue weighted by Crippen LogP contribution is 2.25. The Kier molecular flexibility index (Phi) is 10.6. The Labute approximate surface area is 244 Å². The normalized spacial score (nSPS) is 17.4. The van der Waals surface area contributed by atoms with Crippen molar-refractivity contribution >= 4 is 28.7 Å². The van der Waals surface area contributed by atoms with Crippen LogP contribution in [0.5, 0.6) is 0 Å². The molecule has 41 heavy (non-hydrogen) atoms. The van der Waals surface area contributed by atoms with E-state index >= 15 is 0 Å². The van der Waals surface area contributed by atoms with E-state index in [-0.39, 0.29) is 18.2 Å². The maximum Gasteiger partial charge on any atom is 0.307 e. The Morgan fingerprint density at radius 1 is 1.02 bits per heavy atom. The maximum atomic E-state index is 13.8. The van der Waals surface area contributed by atoms with Crippen LogP contribution in [0.4, 0.5) is 0 Å². The van der Waals surface area contributed by atoms with Gasteiger partial charge in [-0.3, -0.25) is 14.4 Å². The van der Waals surface area contributed by atoms with Gasteiger partial charge in [0.1, 0.15) is 11.6 Å². The monoisotopic (exact) mass is 559 g/mol. The minimum atomic E-state index is -0.738. The van der Waals surface area contributed by atoms with Gasteiger partial charge in [0.05, 0.1) is 6.42 Å². The van der Waals surface area contributed by atoms with Crippen molar-refractivity contribution in [2.75, 3.05) is 6.54 Å². The van der Waals surface area contributed by atoms with Gasteiger partial charge >= 0.3 is 5.97 Å². The largest absolute Gasteiger partial charge is 0.460 e. The van der Waals surface area contributed by atoms with E-state index in [9.17, 15) is 14.4 Å². The van der Waals surface area contributed by atoms with E-state index in [0.29, 0.717) is 19.4 Å². The van der Waals surface area contributed by atoms with Gasteiger partial charge in [0.2, 0.25) is 11.8 Å². The zero-order valence-electron chi connectivity index (χ0n) is 24.8. The predicted molar refractivity (Wildman–Crippen MR) is 162 cm³/mol. The molecule has 0 saturated carbocycles. The van der Waals surface area contributed by atoms with Crippen LogP contribution >= 0.6 is 0 Å². The number of hydrogen-bond acceptors (Lipinski definition) is 4. The van der Waals surface area contributed by atoms with Crippen molar-refractivity contribution in [1.82, 2.24) is 15.2 Å². The molecule has 3 aromatic rings. The van der Waals surface area contributed by atoms with Crippen molar-refractivity contribution < 1.29 is 19.1 Å². The van der Waals surface area contributed by atoms with Crippen LogP contribution in [-0.4, -0.2) is 40.5 Å². The average molecular weight is 560 g/mol. The molecule has 4 rings (SSSR count). The first-order valence-corrected chi connectivity index (χ1v) is 15.1. The molecule has 2 heterocycles. The number of benzene rings is 2. The minimum Gasteiger partial charge on any atom is -0.460 e. The molecule has 0 spiro atoms. The number of rotatable bonds is 8. The molecule has 1 aliphatic heterocycles. The van der Waals surface area contributed by atoms with Gasteiger partial charge in [0, 0.05) is 42.5 Å². The SMILES string of the molecule is CC(C)(C)OC(=O)C[C@@H](CCCc1ccccc1)C(=O)NC1Cc2cn(c3ccccc23)CCCCCCNC1=O. The van der Waals surface area contributed by atoms with Gasteiger partial charge in [-0.2, -0.15) is 0 Å². The van der Waals surface area contributed by atoms with Crippen LogP contribution in [0.15, 0.2) is 60.8 Å². The molecular formula is C34H45N3O4. The van der Waals surface area contributed by atoms with Crippen LogP contribution in [0.25, 0.3) is 10.9 Å². The fourth-order valence-electron chi connectivity index (χ4n) is 5.59. The molecule has 220 valence electrons. The summed E-state index contributed by atoms with van der Waals surface area (Å²) in [6, 6.07) is 17.6. The number of carbonyl (C=O) groups excluding carboxylic acids is 3. The molecule has 2 amide bonds.